The number of carbonyl (C=O) groups is 4. The van der Waals surface area contributed by atoms with Crippen LogP contribution in [0.1, 0.15) is 12.8 Å². The molecule has 8 nitrogen and oxygen atoms in total. The normalized spacial score (nSPS) is 16.9. The van der Waals surface area contributed by atoms with Gasteiger partial charge in [0.05, 0.1) is 12.8 Å². The number of benzene rings is 1. The summed E-state index contributed by atoms with van der Waals surface area (Å²) in [6, 6.07) is 7.27. The zero-order valence-electron chi connectivity index (χ0n) is 12.6. The highest BCUT2D eigenvalue weighted by Crippen LogP contribution is 2.20. The average molecular weight is 319 g/mol. The van der Waals surface area contributed by atoms with Gasteiger partial charge in [-0.25, -0.2) is 9.69 Å². The number of imide groups is 1. The SMILES string of the molecule is COC(=O)CNC(=O)CC[C@@H]1NC(=O)N(c2ccccc2)C1=O. The minimum atomic E-state index is -0.758. The van der Waals surface area contributed by atoms with Crippen LogP contribution in [-0.4, -0.2) is 43.5 Å². The van der Waals surface area contributed by atoms with Crippen molar-refractivity contribution in [3.05, 3.63) is 30.3 Å². The van der Waals surface area contributed by atoms with Crippen LogP contribution in [0.5, 0.6) is 0 Å². The van der Waals surface area contributed by atoms with Gasteiger partial charge < -0.3 is 15.4 Å². The molecule has 4 amide bonds. The van der Waals surface area contributed by atoms with Gasteiger partial charge in [0.1, 0.15) is 12.6 Å². The zero-order chi connectivity index (χ0) is 16.8. The molecule has 1 atom stereocenters. The lowest BCUT2D eigenvalue weighted by Gasteiger charge is -2.12. The molecule has 1 fully saturated rings. The van der Waals surface area contributed by atoms with E-state index in [2.05, 4.69) is 15.4 Å². The van der Waals surface area contributed by atoms with E-state index < -0.39 is 29.9 Å². The van der Waals surface area contributed by atoms with Crippen molar-refractivity contribution in [3.8, 4) is 0 Å². The van der Waals surface area contributed by atoms with Crippen LogP contribution in [0.4, 0.5) is 10.5 Å². The fourth-order valence-electron chi connectivity index (χ4n) is 2.16. The van der Waals surface area contributed by atoms with Gasteiger partial charge in [-0.2, -0.15) is 0 Å². The van der Waals surface area contributed by atoms with Crippen molar-refractivity contribution in [2.45, 2.75) is 18.9 Å². The first-order valence-corrected chi connectivity index (χ1v) is 7.06. The highest BCUT2D eigenvalue weighted by Gasteiger charge is 2.38. The number of rotatable bonds is 6. The molecule has 1 heterocycles. The summed E-state index contributed by atoms with van der Waals surface area (Å²) in [5.41, 5.74) is 0.479. The molecule has 0 unspecified atom stereocenters. The van der Waals surface area contributed by atoms with Gasteiger partial charge in [0, 0.05) is 6.42 Å². The van der Waals surface area contributed by atoms with E-state index >= 15 is 0 Å². The number of anilines is 1. The molecule has 0 spiro atoms. The molecule has 0 aromatic heterocycles. The maximum Gasteiger partial charge on any atom is 0.329 e. The molecule has 2 rings (SSSR count). The fraction of sp³-hybridized carbons (Fsp3) is 0.333. The van der Waals surface area contributed by atoms with Crippen molar-refractivity contribution in [1.82, 2.24) is 10.6 Å². The molecule has 1 aromatic carbocycles. The van der Waals surface area contributed by atoms with Crippen LogP contribution in [0.25, 0.3) is 0 Å². The number of nitrogens with zero attached hydrogens (tertiary/aromatic N) is 1. The number of para-hydroxylation sites is 1. The van der Waals surface area contributed by atoms with Crippen molar-refractivity contribution >= 4 is 29.5 Å². The number of hydrogen-bond donors (Lipinski definition) is 2. The van der Waals surface area contributed by atoms with Gasteiger partial charge >= 0.3 is 12.0 Å². The summed E-state index contributed by atoms with van der Waals surface area (Å²) in [6.07, 6.45) is 0.164. The van der Waals surface area contributed by atoms with Gasteiger partial charge in [0.2, 0.25) is 5.91 Å². The standard InChI is InChI=1S/C15H17N3O5/c1-23-13(20)9-16-12(19)8-7-11-14(21)18(15(22)17-11)10-5-3-2-4-6-10/h2-6,11H,7-9H2,1H3,(H,16,19)(H,17,22)/t11-/m0/s1. The first-order chi connectivity index (χ1) is 11.0. The third kappa shape index (κ3) is 4.06. The molecule has 1 aromatic rings. The Labute approximate surface area is 132 Å². The number of urea groups is 1. The Balaban J connectivity index is 1.88. The molecule has 122 valence electrons. The smallest absolute Gasteiger partial charge is 0.329 e. The molecule has 2 N–H and O–H groups in total. The third-order valence-corrected chi connectivity index (χ3v) is 3.35. The minimum absolute atomic E-state index is 0.0102. The number of ether oxygens (including phenoxy) is 1. The van der Waals surface area contributed by atoms with Gasteiger partial charge in [-0.1, -0.05) is 18.2 Å². The maximum absolute atomic E-state index is 12.3. The second-order valence-corrected chi connectivity index (χ2v) is 4.90. The molecule has 8 heteroatoms. The van der Waals surface area contributed by atoms with Crippen molar-refractivity contribution < 1.29 is 23.9 Å². The predicted octanol–water partition coefficient (Wildman–Crippen LogP) is 0.181. The van der Waals surface area contributed by atoms with Crippen LogP contribution < -0.4 is 15.5 Å². The molecule has 0 saturated carbocycles. The Morgan fingerprint density at radius 1 is 1.26 bits per heavy atom. The summed E-state index contributed by atoms with van der Waals surface area (Å²) in [7, 11) is 1.22. The zero-order valence-corrected chi connectivity index (χ0v) is 12.6. The van der Waals surface area contributed by atoms with E-state index in [-0.39, 0.29) is 19.4 Å². The second kappa shape index (κ2) is 7.39. The maximum atomic E-state index is 12.3. The Bertz CT molecular complexity index is 617. The molecule has 23 heavy (non-hydrogen) atoms. The highest BCUT2D eigenvalue weighted by molar-refractivity contribution is 6.21. The van der Waals surface area contributed by atoms with E-state index in [1.807, 2.05) is 0 Å². The molecule has 0 bridgehead atoms. The second-order valence-electron chi connectivity index (χ2n) is 4.90. The van der Waals surface area contributed by atoms with Crippen LogP contribution in [0.2, 0.25) is 0 Å². The molecule has 0 aliphatic carbocycles. The van der Waals surface area contributed by atoms with Crippen molar-refractivity contribution in [2.75, 3.05) is 18.6 Å². The number of amides is 4. The Hall–Kier alpha value is -2.90. The lowest BCUT2D eigenvalue weighted by Crippen LogP contribution is -2.34. The van der Waals surface area contributed by atoms with Gasteiger partial charge in [-0.15, -0.1) is 0 Å². The molecule has 0 radical (unpaired) electrons. The van der Waals surface area contributed by atoms with E-state index in [1.165, 1.54) is 7.11 Å². The van der Waals surface area contributed by atoms with Crippen LogP contribution in [0.3, 0.4) is 0 Å². The third-order valence-electron chi connectivity index (χ3n) is 3.35. The summed E-state index contributed by atoms with van der Waals surface area (Å²) < 4.78 is 4.40. The summed E-state index contributed by atoms with van der Waals surface area (Å²) in [4.78, 5) is 47.8. The first kappa shape index (κ1) is 16.5. The van der Waals surface area contributed by atoms with Gasteiger partial charge in [-0.3, -0.25) is 14.4 Å². The predicted molar refractivity (Wildman–Crippen MR) is 80.5 cm³/mol. The van der Waals surface area contributed by atoms with Crippen molar-refractivity contribution in [2.24, 2.45) is 0 Å². The fourth-order valence-corrected chi connectivity index (χ4v) is 2.16. The van der Waals surface area contributed by atoms with Crippen LogP contribution >= 0.6 is 0 Å². The van der Waals surface area contributed by atoms with Crippen LogP contribution in [0.15, 0.2) is 30.3 Å². The van der Waals surface area contributed by atoms with Crippen LogP contribution in [-0.2, 0) is 19.1 Å². The number of hydrogen-bond acceptors (Lipinski definition) is 5. The van der Waals surface area contributed by atoms with Gasteiger partial charge in [-0.05, 0) is 18.6 Å². The lowest BCUT2D eigenvalue weighted by molar-refractivity contribution is -0.141. The van der Waals surface area contributed by atoms with E-state index in [1.54, 1.807) is 30.3 Å². The molecular formula is C15H17N3O5. The summed E-state index contributed by atoms with van der Waals surface area (Å²) in [5, 5.41) is 4.92. The summed E-state index contributed by atoms with van der Waals surface area (Å²) >= 11 is 0. The number of methoxy groups -OCH3 is 1. The Morgan fingerprint density at radius 3 is 2.61 bits per heavy atom. The minimum Gasteiger partial charge on any atom is -0.468 e. The number of carbonyl (C=O) groups excluding carboxylic acids is 4. The van der Waals surface area contributed by atoms with Crippen molar-refractivity contribution in [1.29, 1.82) is 0 Å². The summed E-state index contributed by atoms with van der Waals surface area (Å²) in [6.45, 7) is -0.226. The number of nitrogens with one attached hydrogen (secondary N) is 2. The van der Waals surface area contributed by atoms with Crippen molar-refractivity contribution in [3.63, 3.8) is 0 Å². The first-order valence-electron chi connectivity index (χ1n) is 7.06. The highest BCUT2D eigenvalue weighted by atomic mass is 16.5. The monoisotopic (exact) mass is 319 g/mol. The lowest BCUT2D eigenvalue weighted by atomic mass is 10.1. The summed E-state index contributed by atoms with van der Waals surface area (Å²) in [5.74, 6) is -1.35. The Kier molecular flexibility index (Phi) is 5.29. The largest absolute Gasteiger partial charge is 0.468 e. The van der Waals surface area contributed by atoms with Crippen LogP contribution in [0, 0.1) is 0 Å². The van der Waals surface area contributed by atoms with E-state index in [0.717, 1.165) is 4.90 Å². The van der Waals surface area contributed by atoms with E-state index in [4.69, 9.17) is 0 Å². The molecule has 1 aliphatic heterocycles. The Morgan fingerprint density at radius 2 is 1.96 bits per heavy atom. The molecular weight excluding hydrogens is 302 g/mol. The molecule has 1 saturated heterocycles. The topological polar surface area (TPSA) is 105 Å². The molecule has 1 aliphatic rings. The van der Waals surface area contributed by atoms with Gasteiger partial charge in [0.15, 0.2) is 0 Å². The van der Waals surface area contributed by atoms with E-state index in [0.29, 0.717) is 5.69 Å². The van der Waals surface area contributed by atoms with Gasteiger partial charge in [0.25, 0.3) is 5.91 Å². The average Bonchev–Trinajstić information content (AvgIpc) is 2.85. The van der Waals surface area contributed by atoms with E-state index in [9.17, 15) is 19.2 Å². The quantitative estimate of drug-likeness (QED) is 0.575. The number of esters is 1.